The molecule has 1 heterocycles. The van der Waals surface area contributed by atoms with Crippen LogP contribution in [-0.2, 0) is 6.54 Å². The van der Waals surface area contributed by atoms with Crippen LogP contribution in [0.2, 0.25) is 5.02 Å². The zero-order valence-corrected chi connectivity index (χ0v) is 12.7. The summed E-state index contributed by atoms with van der Waals surface area (Å²) in [5.74, 6) is -1.16. The van der Waals surface area contributed by atoms with Crippen molar-refractivity contribution in [2.75, 3.05) is 5.32 Å². The van der Waals surface area contributed by atoms with E-state index in [2.05, 4.69) is 15.4 Å². The molecule has 0 saturated heterocycles. The first-order chi connectivity index (χ1) is 11.1. The molecule has 3 aromatic rings. The second kappa shape index (κ2) is 6.58. The SMILES string of the molecule is O=C(Nc1ccc(Cn2cncn2)cc1)c1cc(Cl)ccc1F. The van der Waals surface area contributed by atoms with Crippen LogP contribution < -0.4 is 5.32 Å². The van der Waals surface area contributed by atoms with E-state index >= 15 is 0 Å². The van der Waals surface area contributed by atoms with Crippen LogP contribution in [0.15, 0.2) is 55.1 Å². The Morgan fingerprint density at radius 3 is 2.70 bits per heavy atom. The molecule has 0 spiro atoms. The number of nitrogens with zero attached hydrogens (tertiary/aromatic N) is 3. The van der Waals surface area contributed by atoms with Gasteiger partial charge in [-0.05, 0) is 35.9 Å². The maximum absolute atomic E-state index is 13.7. The van der Waals surface area contributed by atoms with Crippen LogP contribution >= 0.6 is 11.6 Å². The Bertz CT molecular complexity index is 819. The molecule has 116 valence electrons. The van der Waals surface area contributed by atoms with Gasteiger partial charge in [0, 0.05) is 10.7 Å². The first-order valence-electron chi connectivity index (χ1n) is 6.79. The van der Waals surface area contributed by atoms with Crippen LogP contribution in [0.4, 0.5) is 10.1 Å². The Balaban J connectivity index is 1.70. The van der Waals surface area contributed by atoms with Crippen molar-refractivity contribution in [3.63, 3.8) is 0 Å². The quantitative estimate of drug-likeness (QED) is 0.798. The predicted octanol–water partition coefficient (Wildman–Crippen LogP) is 3.37. The van der Waals surface area contributed by atoms with Crippen LogP contribution in [-0.4, -0.2) is 20.7 Å². The highest BCUT2D eigenvalue weighted by Crippen LogP contribution is 2.17. The smallest absolute Gasteiger partial charge is 0.258 e. The van der Waals surface area contributed by atoms with E-state index in [9.17, 15) is 9.18 Å². The fourth-order valence-electron chi connectivity index (χ4n) is 2.06. The minimum absolute atomic E-state index is 0.0933. The third kappa shape index (κ3) is 3.73. The number of carbonyl (C=O) groups is 1. The molecule has 0 unspecified atom stereocenters. The third-order valence-electron chi connectivity index (χ3n) is 3.20. The van der Waals surface area contributed by atoms with Gasteiger partial charge in [0.15, 0.2) is 0 Å². The Kier molecular flexibility index (Phi) is 4.34. The van der Waals surface area contributed by atoms with Gasteiger partial charge in [0.25, 0.3) is 5.91 Å². The summed E-state index contributed by atoms with van der Waals surface area (Å²) in [4.78, 5) is 16.0. The molecule has 23 heavy (non-hydrogen) atoms. The Morgan fingerprint density at radius 1 is 1.22 bits per heavy atom. The van der Waals surface area contributed by atoms with E-state index in [1.807, 2.05) is 12.1 Å². The number of carbonyl (C=O) groups excluding carboxylic acids is 1. The first kappa shape index (κ1) is 15.2. The summed E-state index contributed by atoms with van der Waals surface area (Å²) in [6.07, 6.45) is 3.09. The van der Waals surface area contributed by atoms with Gasteiger partial charge in [-0.3, -0.25) is 4.79 Å². The topological polar surface area (TPSA) is 59.8 Å². The van der Waals surface area contributed by atoms with Crippen LogP contribution in [0.3, 0.4) is 0 Å². The Labute approximate surface area is 136 Å². The van der Waals surface area contributed by atoms with Crippen LogP contribution in [0.25, 0.3) is 0 Å². The summed E-state index contributed by atoms with van der Waals surface area (Å²) in [5, 5.41) is 6.97. The van der Waals surface area contributed by atoms with Crippen molar-refractivity contribution in [3.8, 4) is 0 Å². The maximum atomic E-state index is 13.7. The molecule has 7 heteroatoms. The number of halogens is 2. The van der Waals surface area contributed by atoms with Gasteiger partial charge in [-0.2, -0.15) is 5.10 Å². The monoisotopic (exact) mass is 330 g/mol. The van der Waals surface area contributed by atoms with Gasteiger partial charge in [-0.15, -0.1) is 0 Å². The number of amides is 1. The molecular formula is C16H12ClFN4O. The molecule has 2 aromatic carbocycles. The highest BCUT2D eigenvalue weighted by molar-refractivity contribution is 6.31. The van der Waals surface area contributed by atoms with Crippen molar-refractivity contribution in [3.05, 3.63) is 77.1 Å². The lowest BCUT2D eigenvalue weighted by atomic mass is 10.1. The zero-order valence-electron chi connectivity index (χ0n) is 11.9. The van der Waals surface area contributed by atoms with Gasteiger partial charge < -0.3 is 5.32 Å². The van der Waals surface area contributed by atoms with E-state index in [0.717, 1.165) is 5.56 Å². The minimum atomic E-state index is -0.616. The average molecular weight is 331 g/mol. The summed E-state index contributed by atoms with van der Waals surface area (Å²) in [7, 11) is 0. The number of nitrogens with one attached hydrogen (secondary N) is 1. The summed E-state index contributed by atoms with van der Waals surface area (Å²) in [6.45, 7) is 0.581. The fraction of sp³-hybridized carbons (Fsp3) is 0.0625. The van der Waals surface area contributed by atoms with Crippen LogP contribution in [0.5, 0.6) is 0 Å². The van der Waals surface area contributed by atoms with Gasteiger partial charge in [-0.1, -0.05) is 23.7 Å². The molecular weight excluding hydrogens is 319 g/mol. The van der Waals surface area contributed by atoms with Crippen molar-refractivity contribution < 1.29 is 9.18 Å². The molecule has 0 bridgehead atoms. The number of hydrogen-bond donors (Lipinski definition) is 1. The predicted molar refractivity (Wildman–Crippen MR) is 84.9 cm³/mol. The molecule has 3 rings (SSSR count). The van der Waals surface area contributed by atoms with Gasteiger partial charge >= 0.3 is 0 Å². The Hall–Kier alpha value is -2.73. The van der Waals surface area contributed by atoms with Gasteiger partial charge in [0.05, 0.1) is 12.1 Å². The molecule has 0 atom stereocenters. The number of hydrogen-bond acceptors (Lipinski definition) is 3. The van der Waals surface area contributed by atoms with Crippen molar-refractivity contribution in [1.82, 2.24) is 14.8 Å². The van der Waals surface area contributed by atoms with Gasteiger partial charge in [0.1, 0.15) is 18.5 Å². The summed E-state index contributed by atoms with van der Waals surface area (Å²) in [5.41, 5.74) is 1.48. The second-order valence-corrected chi connectivity index (χ2v) is 5.30. The third-order valence-corrected chi connectivity index (χ3v) is 3.43. The fourth-order valence-corrected chi connectivity index (χ4v) is 2.24. The van der Waals surface area contributed by atoms with Gasteiger partial charge in [-0.25, -0.2) is 14.1 Å². The Morgan fingerprint density at radius 2 is 2.00 bits per heavy atom. The lowest BCUT2D eigenvalue weighted by Gasteiger charge is -2.08. The molecule has 0 fully saturated rings. The minimum Gasteiger partial charge on any atom is -0.322 e. The molecule has 0 saturated carbocycles. The van der Waals surface area contributed by atoms with Crippen LogP contribution in [0.1, 0.15) is 15.9 Å². The van der Waals surface area contributed by atoms with E-state index in [1.54, 1.807) is 23.1 Å². The lowest BCUT2D eigenvalue weighted by molar-refractivity contribution is 0.102. The molecule has 0 aliphatic carbocycles. The van der Waals surface area contributed by atoms with Crippen molar-refractivity contribution in [1.29, 1.82) is 0 Å². The summed E-state index contributed by atoms with van der Waals surface area (Å²) < 4.78 is 15.4. The molecule has 1 N–H and O–H groups in total. The number of anilines is 1. The van der Waals surface area contributed by atoms with Crippen molar-refractivity contribution in [2.24, 2.45) is 0 Å². The summed E-state index contributed by atoms with van der Waals surface area (Å²) in [6, 6.07) is 11.0. The van der Waals surface area contributed by atoms with E-state index in [-0.39, 0.29) is 5.56 Å². The largest absolute Gasteiger partial charge is 0.322 e. The zero-order chi connectivity index (χ0) is 16.2. The maximum Gasteiger partial charge on any atom is 0.258 e. The highest BCUT2D eigenvalue weighted by atomic mass is 35.5. The molecule has 1 aromatic heterocycles. The number of rotatable bonds is 4. The molecule has 5 nitrogen and oxygen atoms in total. The van der Waals surface area contributed by atoms with Crippen LogP contribution in [0, 0.1) is 5.82 Å². The molecule has 0 aliphatic heterocycles. The van der Waals surface area contributed by atoms with E-state index in [1.165, 1.54) is 24.5 Å². The number of benzene rings is 2. The molecule has 1 amide bonds. The first-order valence-corrected chi connectivity index (χ1v) is 7.17. The standard InChI is InChI=1S/C16H12ClFN4O/c17-12-3-6-15(18)14(7-12)16(23)21-13-4-1-11(2-5-13)8-22-10-19-9-20-22/h1-7,9-10H,8H2,(H,21,23). The van der Waals surface area contributed by atoms with E-state index in [4.69, 9.17) is 11.6 Å². The second-order valence-electron chi connectivity index (χ2n) is 4.87. The van der Waals surface area contributed by atoms with Gasteiger partial charge in [0.2, 0.25) is 0 Å². The van der Waals surface area contributed by atoms with E-state index < -0.39 is 11.7 Å². The van der Waals surface area contributed by atoms with Crippen molar-refractivity contribution >= 4 is 23.2 Å². The molecule has 0 aliphatic rings. The highest BCUT2D eigenvalue weighted by Gasteiger charge is 2.12. The van der Waals surface area contributed by atoms with E-state index in [0.29, 0.717) is 17.3 Å². The lowest BCUT2D eigenvalue weighted by Crippen LogP contribution is -2.13. The average Bonchev–Trinajstić information content (AvgIpc) is 3.04. The number of aromatic nitrogens is 3. The summed E-state index contributed by atoms with van der Waals surface area (Å²) >= 11 is 5.79. The molecule has 0 radical (unpaired) electrons. The normalized spacial score (nSPS) is 10.5. The van der Waals surface area contributed by atoms with Crippen molar-refractivity contribution in [2.45, 2.75) is 6.54 Å².